The van der Waals surface area contributed by atoms with E-state index in [1.165, 1.54) is 0 Å². The van der Waals surface area contributed by atoms with E-state index in [1.807, 2.05) is 97.9 Å². The van der Waals surface area contributed by atoms with Crippen molar-refractivity contribution in [2.75, 3.05) is 5.32 Å². The van der Waals surface area contributed by atoms with Gasteiger partial charge in [0.2, 0.25) is 0 Å². The van der Waals surface area contributed by atoms with Crippen molar-refractivity contribution < 1.29 is 5.11 Å². The van der Waals surface area contributed by atoms with E-state index in [-0.39, 0.29) is 6.04 Å². The third-order valence-corrected chi connectivity index (χ3v) is 4.14. The van der Waals surface area contributed by atoms with Crippen molar-refractivity contribution in [3.05, 3.63) is 102 Å². The Balaban J connectivity index is 2.01. The molecule has 0 fully saturated rings. The van der Waals surface area contributed by atoms with Crippen LogP contribution in [0, 0.1) is 0 Å². The van der Waals surface area contributed by atoms with Gasteiger partial charge in [0.25, 0.3) is 0 Å². The van der Waals surface area contributed by atoms with Crippen LogP contribution in [0.2, 0.25) is 0 Å². The molecule has 0 radical (unpaired) electrons. The first-order valence-corrected chi connectivity index (χ1v) is 7.82. The second kappa shape index (κ2) is 6.67. The van der Waals surface area contributed by atoms with Crippen LogP contribution in [0.3, 0.4) is 0 Å². The molecule has 0 bridgehead atoms. The summed E-state index contributed by atoms with van der Waals surface area (Å²) < 4.78 is 0. The number of nitrogens with one attached hydrogen (secondary N) is 1. The first-order chi connectivity index (χ1) is 11.2. The van der Waals surface area contributed by atoms with E-state index in [0.717, 1.165) is 16.8 Å². The number of anilines is 1. The Hall–Kier alpha value is -2.58. The molecule has 2 nitrogen and oxygen atoms in total. The molecule has 0 saturated carbocycles. The molecule has 0 aliphatic carbocycles. The second-order valence-corrected chi connectivity index (χ2v) is 5.87. The Morgan fingerprint density at radius 1 is 0.739 bits per heavy atom. The molecule has 3 aromatic carbocycles. The standard InChI is InChI=1S/C21H21NO/c1-21(23,18-13-7-3-8-14-18)20(17-11-5-2-6-12-17)22-19-15-9-4-10-16-19/h2-16,20,22-23H,1H3. The molecule has 0 aliphatic heterocycles. The number of hydrogen-bond donors (Lipinski definition) is 2. The third-order valence-electron chi connectivity index (χ3n) is 4.14. The van der Waals surface area contributed by atoms with Crippen LogP contribution in [0.15, 0.2) is 91.0 Å². The maximum Gasteiger partial charge on any atom is 0.111 e. The van der Waals surface area contributed by atoms with Gasteiger partial charge in [-0.3, -0.25) is 0 Å². The van der Waals surface area contributed by atoms with Gasteiger partial charge in [-0.15, -0.1) is 0 Å². The normalized spacial score (nSPS) is 14.7. The third kappa shape index (κ3) is 3.43. The van der Waals surface area contributed by atoms with Gasteiger partial charge in [-0.1, -0.05) is 78.9 Å². The predicted molar refractivity (Wildman–Crippen MR) is 95.3 cm³/mol. The molecule has 116 valence electrons. The molecule has 3 aromatic rings. The molecule has 3 rings (SSSR count). The van der Waals surface area contributed by atoms with Gasteiger partial charge in [-0.25, -0.2) is 0 Å². The zero-order valence-electron chi connectivity index (χ0n) is 13.2. The van der Waals surface area contributed by atoms with E-state index in [0.29, 0.717) is 0 Å². The molecule has 23 heavy (non-hydrogen) atoms. The van der Waals surface area contributed by atoms with Crippen LogP contribution in [0.5, 0.6) is 0 Å². The Morgan fingerprint density at radius 2 is 1.22 bits per heavy atom. The van der Waals surface area contributed by atoms with Gasteiger partial charge in [0.15, 0.2) is 0 Å². The number of para-hydroxylation sites is 1. The van der Waals surface area contributed by atoms with Crippen molar-refractivity contribution in [3.63, 3.8) is 0 Å². The summed E-state index contributed by atoms with van der Waals surface area (Å²) in [4.78, 5) is 0. The van der Waals surface area contributed by atoms with Gasteiger partial charge in [-0.05, 0) is 30.2 Å². The van der Waals surface area contributed by atoms with Crippen LogP contribution in [0.25, 0.3) is 0 Å². The summed E-state index contributed by atoms with van der Waals surface area (Å²) in [6.45, 7) is 1.86. The lowest BCUT2D eigenvalue weighted by atomic mass is 9.84. The van der Waals surface area contributed by atoms with Crippen molar-refractivity contribution in [1.82, 2.24) is 0 Å². The van der Waals surface area contributed by atoms with Crippen molar-refractivity contribution in [1.29, 1.82) is 0 Å². The lowest BCUT2D eigenvalue weighted by Gasteiger charge is -2.35. The molecule has 0 saturated heterocycles. The summed E-state index contributed by atoms with van der Waals surface area (Å²) in [6, 6.07) is 29.6. The van der Waals surface area contributed by atoms with Gasteiger partial charge in [0, 0.05) is 5.69 Å². The fraction of sp³-hybridized carbons (Fsp3) is 0.143. The van der Waals surface area contributed by atoms with E-state index in [1.54, 1.807) is 0 Å². The first-order valence-electron chi connectivity index (χ1n) is 7.82. The minimum Gasteiger partial charge on any atom is -0.383 e. The average molecular weight is 303 g/mol. The van der Waals surface area contributed by atoms with E-state index < -0.39 is 5.60 Å². The Labute approximate surface area is 137 Å². The molecule has 2 unspecified atom stereocenters. The summed E-state index contributed by atoms with van der Waals surface area (Å²) in [7, 11) is 0. The Morgan fingerprint density at radius 3 is 1.78 bits per heavy atom. The van der Waals surface area contributed by atoms with Crippen LogP contribution in [0.4, 0.5) is 5.69 Å². The van der Waals surface area contributed by atoms with Crippen molar-refractivity contribution in [3.8, 4) is 0 Å². The molecular formula is C21H21NO. The summed E-state index contributed by atoms with van der Waals surface area (Å²) >= 11 is 0. The van der Waals surface area contributed by atoms with Crippen molar-refractivity contribution in [2.24, 2.45) is 0 Å². The minimum atomic E-state index is -1.04. The van der Waals surface area contributed by atoms with Gasteiger partial charge in [-0.2, -0.15) is 0 Å². The first kappa shape index (κ1) is 15.3. The zero-order chi connectivity index (χ0) is 16.1. The van der Waals surface area contributed by atoms with Gasteiger partial charge >= 0.3 is 0 Å². The Bertz CT molecular complexity index is 724. The monoisotopic (exact) mass is 303 g/mol. The van der Waals surface area contributed by atoms with Gasteiger partial charge < -0.3 is 10.4 Å². The molecule has 0 aliphatic rings. The molecule has 0 heterocycles. The quantitative estimate of drug-likeness (QED) is 0.713. The van der Waals surface area contributed by atoms with E-state index in [9.17, 15) is 5.11 Å². The summed E-state index contributed by atoms with van der Waals surface area (Å²) in [5.41, 5.74) is 1.87. The topological polar surface area (TPSA) is 32.3 Å². The SMILES string of the molecule is CC(O)(c1ccccc1)C(Nc1ccccc1)c1ccccc1. The summed E-state index contributed by atoms with van der Waals surface area (Å²) in [5.74, 6) is 0. The largest absolute Gasteiger partial charge is 0.383 e. The van der Waals surface area contributed by atoms with Crippen LogP contribution in [0.1, 0.15) is 24.1 Å². The smallest absolute Gasteiger partial charge is 0.111 e. The van der Waals surface area contributed by atoms with Crippen molar-refractivity contribution in [2.45, 2.75) is 18.6 Å². The maximum atomic E-state index is 11.3. The fourth-order valence-corrected chi connectivity index (χ4v) is 2.84. The van der Waals surface area contributed by atoms with Gasteiger partial charge in [0.05, 0.1) is 6.04 Å². The van der Waals surface area contributed by atoms with E-state index in [4.69, 9.17) is 0 Å². The molecule has 0 spiro atoms. The highest BCUT2D eigenvalue weighted by molar-refractivity contribution is 5.47. The van der Waals surface area contributed by atoms with Crippen LogP contribution in [-0.2, 0) is 5.60 Å². The van der Waals surface area contributed by atoms with Crippen molar-refractivity contribution >= 4 is 5.69 Å². The number of aliphatic hydroxyl groups is 1. The lowest BCUT2D eigenvalue weighted by Crippen LogP contribution is -2.35. The summed E-state index contributed by atoms with van der Waals surface area (Å²) in [5, 5.41) is 14.8. The molecule has 0 aromatic heterocycles. The lowest BCUT2D eigenvalue weighted by molar-refractivity contribution is 0.0354. The number of benzene rings is 3. The highest BCUT2D eigenvalue weighted by Crippen LogP contribution is 2.37. The van der Waals surface area contributed by atoms with Crippen LogP contribution in [-0.4, -0.2) is 5.11 Å². The molecule has 0 amide bonds. The molecular weight excluding hydrogens is 282 g/mol. The second-order valence-electron chi connectivity index (χ2n) is 5.87. The highest BCUT2D eigenvalue weighted by Gasteiger charge is 2.34. The van der Waals surface area contributed by atoms with Crippen LogP contribution < -0.4 is 5.32 Å². The zero-order valence-corrected chi connectivity index (χ0v) is 13.2. The summed E-state index contributed by atoms with van der Waals surface area (Å²) in [6.07, 6.45) is 0. The van der Waals surface area contributed by atoms with E-state index >= 15 is 0 Å². The molecule has 2 N–H and O–H groups in total. The van der Waals surface area contributed by atoms with Crippen LogP contribution >= 0.6 is 0 Å². The average Bonchev–Trinajstić information content (AvgIpc) is 2.62. The maximum absolute atomic E-state index is 11.3. The number of hydrogen-bond acceptors (Lipinski definition) is 2. The Kier molecular flexibility index (Phi) is 4.45. The van der Waals surface area contributed by atoms with E-state index in [2.05, 4.69) is 5.32 Å². The highest BCUT2D eigenvalue weighted by atomic mass is 16.3. The van der Waals surface area contributed by atoms with Gasteiger partial charge in [0.1, 0.15) is 5.60 Å². The predicted octanol–water partition coefficient (Wildman–Crippen LogP) is 4.75. The molecule has 2 heteroatoms. The molecule has 2 atom stereocenters. The fourth-order valence-electron chi connectivity index (χ4n) is 2.84. The number of rotatable bonds is 5. The minimum absolute atomic E-state index is 0.256.